The smallest absolute Gasteiger partial charge is 0.338 e. The Hall–Kier alpha value is -4.22. The van der Waals surface area contributed by atoms with Gasteiger partial charge < -0.3 is 53.6 Å². The minimum atomic E-state index is -2.42. The van der Waals surface area contributed by atoms with Crippen molar-refractivity contribution < 1.29 is 72.8 Å². The van der Waals surface area contributed by atoms with E-state index in [9.17, 15) is 39.6 Å². The van der Waals surface area contributed by atoms with Crippen LogP contribution in [0.3, 0.4) is 0 Å². The quantitative estimate of drug-likeness (QED) is 0.104. The van der Waals surface area contributed by atoms with Crippen LogP contribution in [0.2, 0.25) is 0 Å². The van der Waals surface area contributed by atoms with Crippen molar-refractivity contribution in [1.82, 2.24) is 0 Å². The van der Waals surface area contributed by atoms with Crippen LogP contribution in [-0.2, 0) is 42.7 Å². The number of hydrogen-bond acceptors (Lipinski definition) is 14. The van der Waals surface area contributed by atoms with Gasteiger partial charge >= 0.3 is 29.9 Å². The average molecular weight is 875 g/mol. The van der Waals surface area contributed by atoms with Gasteiger partial charge in [-0.05, 0) is 67.4 Å². The molecule has 3 bridgehead atoms. The number of esters is 3. The highest BCUT2D eigenvalue weighted by Gasteiger charge is 2.91. The van der Waals surface area contributed by atoms with Crippen LogP contribution in [0.25, 0.3) is 0 Å². The SMILES string of the molecule is C=C(C)[C@]12C[C@@H](COC(=O)c3ccccc3)[C@@]34OC5(O[C@@H]1[C@@H]3[C@@H]1O[C@]1(COC(=O)CCC(=O)O)[C@@H](O)[C@@]1(O)[C@H]4[C@H]([C@H](C)[C@@H]1OC(=O)c1ccccc1)[C@H](C)CCCCCC[C@H]5O)O2. The maximum absolute atomic E-state index is 14.2. The normalized spacial score (nSPS) is 43.2. The summed E-state index contributed by atoms with van der Waals surface area (Å²) in [6.07, 6.45) is -3.52. The van der Waals surface area contributed by atoms with E-state index in [1.54, 1.807) is 67.6 Å². The number of aliphatic carboxylic acids is 1. The molecule has 1 unspecified atom stereocenters. The lowest BCUT2D eigenvalue weighted by atomic mass is 9.51. The van der Waals surface area contributed by atoms with Gasteiger partial charge in [0.25, 0.3) is 0 Å². The van der Waals surface area contributed by atoms with Crippen LogP contribution < -0.4 is 0 Å². The Kier molecular flexibility index (Phi) is 11.2. The molecule has 63 heavy (non-hydrogen) atoms. The summed E-state index contributed by atoms with van der Waals surface area (Å²) in [5.74, 6) is -9.84. The van der Waals surface area contributed by atoms with Gasteiger partial charge in [0.2, 0.25) is 0 Å². The molecule has 4 saturated heterocycles. The van der Waals surface area contributed by atoms with E-state index in [0.29, 0.717) is 24.0 Å². The van der Waals surface area contributed by atoms with Crippen molar-refractivity contribution in [3.8, 4) is 0 Å². The Bertz CT molecular complexity index is 2120. The molecule has 15 heteroatoms. The van der Waals surface area contributed by atoms with Gasteiger partial charge in [-0.15, -0.1) is 0 Å². The van der Waals surface area contributed by atoms with Crippen LogP contribution in [-0.4, -0.2) is 116 Å². The molecule has 15 nitrogen and oxygen atoms in total. The van der Waals surface area contributed by atoms with E-state index in [4.69, 9.17) is 33.2 Å². The van der Waals surface area contributed by atoms with E-state index in [1.165, 1.54) is 0 Å². The van der Waals surface area contributed by atoms with Gasteiger partial charge in [-0.3, -0.25) is 9.59 Å². The lowest BCUT2D eigenvalue weighted by Crippen LogP contribution is -2.75. The van der Waals surface area contributed by atoms with Crippen molar-refractivity contribution in [3.05, 3.63) is 83.9 Å². The van der Waals surface area contributed by atoms with Gasteiger partial charge in [-0.1, -0.05) is 88.9 Å². The third kappa shape index (κ3) is 6.70. The molecular weight excluding hydrogens is 817 g/mol. The molecule has 4 N–H and O–H groups in total. The highest BCUT2D eigenvalue weighted by molar-refractivity contribution is 5.90. The van der Waals surface area contributed by atoms with Crippen LogP contribution in [0.5, 0.6) is 0 Å². The van der Waals surface area contributed by atoms with Crippen LogP contribution in [0, 0.1) is 35.5 Å². The Balaban J connectivity index is 1.27. The standard InChI is InChI=1S/C48H58O15/c1-26(2)44-23-31(24-57-41(53)29-16-10-7-11-17-29)47-36-39(44)61-48(62-44,63-47)32(49)20-14-6-5-9-15-27(3)35-28(4)38(59-42(54)30-18-12-8-13-19-30)46(56,37(35)47)43(55)45(40(36)60-45)25-58-34(52)22-21-33(50)51/h7-8,10-13,16-19,27-28,31-32,35-40,43,49,55-56H,1,5-6,9,14-15,20-25H2,2-4H3,(H,50,51)/t27-,28+,31+,32-,35+,36-,37-,38+,39-,40+,43-,44-,45+,46-,47-,48?/m1/s1. The van der Waals surface area contributed by atoms with E-state index in [1.807, 2.05) is 6.92 Å². The number of ether oxygens (including phenoxy) is 7. The number of carboxylic acid groups (broad SMARTS) is 1. The van der Waals surface area contributed by atoms with Crippen molar-refractivity contribution in [2.75, 3.05) is 13.2 Å². The molecule has 340 valence electrons. The third-order valence-electron chi connectivity index (χ3n) is 15.7. The summed E-state index contributed by atoms with van der Waals surface area (Å²) >= 11 is 0. The molecule has 3 saturated carbocycles. The van der Waals surface area contributed by atoms with E-state index in [0.717, 1.165) is 19.3 Å². The maximum atomic E-state index is 14.2. The minimum absolute atomic E-state index is 0.0938. The lowest BCUT2D eigenvalue weighted by molar-refractivity contribution is -0.459. The number of fused-ring (bicyclic) bond motifs is 1. The van der Waals surface area contributed by atoms with Gasteiger partial charge in [0.05, 0.1) is 36.2 Å². The van der Waals surface area contributed by atoms with Gasteiger partial charge in [0, 0.05) is 17.8 Å². The van der Waals surface area contributed by atoms with Crippen molar-refractivity contribution in [2.24, 2.45) is 35.5 Å². The second-order valence-electron chi connectivity index (χ2n) is 19.2. The number of rotatable bonds is 11. The zero-order chi connectivity index (χ0) is 44.7. The van der Waals surface area contributed by atoms with Crippen LogP contribution in [0.1, 0.15) is 99.3 Å². The minimum Gasteiger partial charge on any atom is -0.481 e. The maximum Gasteiger partial charge on any atom is 0.338 e. The van der Waals surface area contributed by atoms with Crippen LogP contribution >= 0.6 is 0 Å². The van der Waals surface area contributed by atoms with Crippen LogP contribution in [0.4, 0.5) is 0 Å². The second-order valence-corrected chi connectivity index (χ2v) is 19.2. The summed E-state index contributed by atoms with van der Waals surface area (Å²) in [5.41, 5.74) is -6.31. The largest absolute Gasteiger partial charge is 0.481 e. The molecule has 16 atom stereocenters. The molecule has 7 aliphatic rings. The first-order valence-electron chi connectivity index (χ1n) is 22.4. The van der Waals surface area contributed by atoms with Gasteiger partial charge in [0.15, 0.2) is 5.60 Å². The fourth-order valence-electron chi connectivity index (χ4n) is 12.9. The Morgan fingerprint density at radius 2 is 1.48 bits per heavy atom. The molecule has 2 aromatic rings. The number of carbonyl (C=O) groups is 4. The Morgan fingerprint density at radius 3 is 2.13 bits per heavy atom. The zero-order valence-corrected chi connectivity index (χ0v) is 35.9. The van der Waals surface area contributed by atoms with Crippen molar-refractivity contribution in [2.45, 2.75) is 137 Å². The third-order valence-corrected chi connectivity index (χ3v) is 15.7. The highest BCUT2D eigenvalue weighted by atomic mass is 16.9. The van der Waals surface area contributed by atoms with E-state index in [-0.39, 0.29) is 30.9 Å². The Labute approximate surface area is 366 Å². The van der Waals surface area contributed by atoms with Gasteiger partial charge in [0.1, 0.15) is 48.3 Å². The van der Waals surface area contributed by atoms with Gasteiger partial charge in [-0.25, -0.2) is 9.59 Å². The number of epoxide rings is 1. The fraction of sp³-hybridized carbons (Fsp3) is 0.625. The number of hydrogen-bond donors (Lipinski definition) is 4. The number of carbonyl (C=O) groups excluding carboxylic acids is 3. The molecule has 0 radical (unpaired) electrons. The molecule has 7 fully saturated rings. The summed E-state index contributed by atoms with van der Waals surface area (Å²) in [5, 5.41) is 49.0. The molecule has 4 heterocycles. The molecule has 0 amide bonds. The molecule has 4 aliphatic heterocycles. The first-order valence-corrected chi connectivity index (χ1v) is 22.4. The summed E-state index contributed by atoms with van der Waals surface area (Å²) in [7, 11) is 0. The summed E-state index contributed by atoms with van der Waals surface area (Å²) < 4.78 is 46.5. The first kappa shape index (κ1) is 44.0. The summed E-state index contributed by atoms with van der Waals surface area (Å²) in [6, 6.07) is 16.8. The van der Waals surface area contributed by atoms with Crippen molar-refractivity contribution in [1.29, 1.82) is 0 Å². The highest BCUT2D eigenvalue weighted by Crippen LogP contribution is 2.76. The van der Waals surface area contributed by atoms with E-state index >= 15 is 0 Å². The second kappa shape index (κ2) is 16.0. The van der Waals surface area contributed by atoms with E-state index < -0.39 is 132 Å². The number of benzene rings is 2. The number of aliphatic hydroxyl groups is 3. The fourth-order valence-corrected chi connectivity index (χ4v) is 12.9. The predicted molar refractivity (Wildman–Crippen MR) is 219 cm³/mol. The zero-order valence-electron chi connectivity index (χ0n) is 35.9. The molecule has 9 rings (SSSR count). The van der Waals surface area contributed by atoms with Crippen molar-refractivity contribution in [3.63, 3.8) is 0 Å². The monoisotopic (exact) mass is 874 g/mol. The Morgan fingerprint density at radius 1 is 0.825 bits per heavy atom. The topological polar surface area (TPSA) is 217 Å². The summed E-state index contributed by atoms with van der Waals surface area (Å²) in [4.78, 5) is 52.6. The summed E-state index contributed by atoms with van der Waals surface area (Å²) in [6.45, 7) is 9.27. The molecular formula is C48H58O15. The van der Waals surface area contributed by atoms with Gasteiger partial charge in [-0.2, -0.15) is 0 Å². The lowest BCUT2D eigenvalue weighted by Gasteiger charge is -2.62. The average Bonchev–Trinajstić information content (AvgIpc) is 3.90. The molecule has 2 aromatic carbocycles. The number of aliphatic hydroxyl groups excluding tert-OH is 2. The molecule has 2 spiro atoms. The number of carboxylic acids is 1. The van der Waals surface area contributed by atoms with Crippen molar-refractivity contribution >= 4 is 23.9 Å². The predicted octanol–water partition coefficient (Wildman–Crippen LogP) is 4.74. The first-order chi connectivity index (χ1) is 30.1. The van der Waals surface area contributed by atoms with E-state index in [2.05, 4.69) is 13.5 Å². The van der Waals surface area contributed by atoms with Crippen LogP contribution in [0.15, 0.2) is 72.8 Å². The molecule has 0 aromatic heterocycles. The molecule has 3 aliphatic carbocycles.